The SMILES string of the molecule is Fc1ccc2sc(CNCC[C@@]3(c4ccccn4)CCOC4(CCCC4)C3)cc2c1. The van der Waals surface area contributed by atoms with Crippen LogP contribution in [0.5, 0.6) is 0 Å². The first-order chi connectivity index (χ1) is 14.7. The van der Waals surface area contributed by atoms with Gasteiger partial charge in [0.25, 0.3) is 0 Å². The molecule has 5 rings (SSSR count). The quantitative estimate of drug-likeness (QED) is 0.495. The van der Waals surface area contributed by atoms with Crippen LogP contribution in [-0.4, -0.2) is 23.7 Å². The molecule has 5 heteroatoms. The average molecular weight is 425 g/mol. The van der Waals surface area contributed by atoms with Crippen LogP contribution in [0.3, 0.4) is 0 Å². The molecule has 3 nitrogen and oxygen atoms in total. The summed E-state index contributed by atoms with van der Waals surface area (Å²) < 4.78 is 20.9. The van der Waals surface area contributed by atoms with Gasteiger partial charge in [-0.05, 0) is 80.4 Å². The van der Waals surface area contributed by atoms with Gasteiger partial charge in [-0.3, -0.25) is 4.98 Å². The highest BCUT2D eigenvalue weighted by molar-refractivity contribution is 7.19. The van der Waals surface area contributed by atoms with Gasteiger partial charge in [-0.25, -0.2) is 4.39 Å². The van der Waals surface area contributed by atoms with Gasteiger partial charge >= 0.3 is 0 Å². The highest BCUT2D eigenvalue weighted by Gasteiger charge is 2.48. The van der Waals surface area contributed by atoms with Gasteiger partial charge in [-0.2, -0.15) is 0 Å². The van der Waals surface area contributed by atoms with Crippen molar-refractivity contribution < 1.29 is 9.13 Å². The van der Waals surface area contributed by atoms with Crippen molar-refractivity contribution in [2.24, 2.45) is 0 Å². The molecule has 1 saturated carbocycles. The van der Waals surface area contributed by atoms with E-state index in [0.29, 0.717) is 0 Å². The standard InChI is InChI=1S/C25H29FN2OS/c26-20-6-7-22-19(15-20)16-21(30-22)17-27-13-10-24(23-5-1-4-12-28-23)11-14-29-25(18-24)8-2-3-9-25/h1,4-7,12,15-16,27H,2-3,8-11,13-14,17-18H2/t24-/m1/s1. The second-order valence-electron chi connectivity index (χ2n) is 8.98. The van der Waals surface area contributed by atoms with E-state index in [1.54, 1.807) is 17.4 Å². The molecule has 2 aliphatic rings. The lowest BCUT2D eigenvalue weighted by Crippen LogP contribution is -2.47. The zero-order valence-corrected chi connectivity index (χ0v) is 18.1. The predicted octanol–water partition coefficient (Wildman–Crippen LogP) is 5.98. The van der Waals surface area contributed by atoms with Crippen LogP contribution in [0.2, 0.25) is 0 Å². The van der Waals surface area contributed by atoms with Crippen LogP contribution in [-0.2, 0) is 16.7 Å². The summed E-state index contributed by atoms with van der Waals surface area (Å²) in [5.41, 5.74) is 1.37. The van der Waals surface area contributed by atoms with E-state index >= 15 is 0 Å². The minimum absolute atomic E-state index is 0.0608. The number of hydrogen-bond donors (Lipinski definition) is 1. The summed E-state index contributed by atoms with van der Waals surface area (Å²) in [4.78, 5) is 6.04. The molecule has 1 spiro atoms. The number of thiophene rings is 1. The molecular weight excluding hydrogens is 395 g/mol. The molecule has 3 heterocycles. The number of hydrogen-bond acceptors (Lipinski definition) is 4. The molecule has 3 aromatic rings. The Morgan fingerprint density at radius 3 is 2.83 bits per heavy atom. The van der Waals surface area contributed by atoms with Gasteiger partial charge in [0.05, 0.1) is 5.60 Å². The number of benzene rings is 1. The van der Waals surface area contributed by atoms with Crippen LogP contribution in [0.1, 0.15) is 55.5 Å². The predicted molar refractivity (Wildman–Crippen MR) is 120 cm³/mol. The third kappa shape index (κ3) is 4.03. The molecule has 0 bridgehead atoms. The van der Waals surface area contributed by atoms with Gasteiger partial charge in [0.15, 0.2) is 0 Å². The summed E-state index contributed by atoms with van der Waals surface area (Å²) in [6.45, 7) is 2.59. The van der Waals surface area contributed by atoms with Crippen molar-refractivity contribution in [3.05, 3.63) is 65.0 Å². The minimum atomic E-state index is -0.169. The maximum absolute atomic E-state index is 13.5. The van der Waals surface area contributed by atoms with E-state index < -0.39 is 0 Å². The van der Waals surface area contributed by atoms with Crippen LogP contribution in [0.25, 0.3) is 10.1 Å². The largest absolute Gasteiger partial charge is 0.375 e. The summed E-state index contributed by atoms with van der Waals surface area (Å²) in [6, 6.07) is 13.5. The van der Waals surface area contributed by atoms with Crippen molar-refractivity contribution in [1.82, 2.24) is 10.3 Å². The third-order valence-electron chi connectivity index (χ3n) is 6.98. The van der Waals surface area contributed by atoms with E-state index in [1.165, 1.54) is 42.3 Å². The summed E-state index contributed by atoms with van der Waals surface area (Å²) in [5.74, 6) is -0.169. The number of rotatable bonds is 6. The van der Waals surface area contributed by atoms with Gasteiger partial charge in [-0.1, -0.05) is 18.9 Å². The van der Waals surface area contributed by atoms with Gasteiger partial charge in [0, 0.05) is 40.0 Å². The Hall–Kier alpha value is -1.82. The maximum Gasteiger partial charge on any atom is 0.123 e. The van der Waals surface area contributed by atoms with Crippen LogP contribution in [0.15, 0.2) is 48.7 Å². The normalized spacial score (nSPS) is 23.4. The first-order valence-electron chi connectivity index (χ1n) is 11.1. The molecule has 1 saturated heterocycles. The smallest absolute Gasteiger partial charge is 0.123 e. The Bertz CT molecular complexity index is 999. The van der Waals surface area contributed by atoms with E-state index in [0.717, 1.165) is 49.0 Å². The molecule has 2 fully saturated rings. The Morgan fingerprint density at radius 1 is 1.10 bits per heavy atom. The molecule has 2 aromatic heterocycles. The van der Waals surface area contributed by atoms with Crippen molar-refractivity contribution in [3.8, 4) is 0 Å². The highest BCUT2D eigenvalue weighted by atomic mass is 32.1. The van der Waals surface area contributed by atoms with Gasteiger partial charge in [0.2, 0.25) is 0 Å². The van der Waals surface area contributed by atoms with Gasteiger partial charge < -0.3 is 10.1 Å². The van der Waals surface area contributed by atoms with Gasteiger partial charge in [0.1, 0.15) is 5.82 Å². The zero-order chi connectivity index (χ0) is 20.4. The van der Waals surface area contributed by atoms with Crippen molar-refractivity contribution in [1.29, 1.82) is 0 Å². The van der Waals surface area contributed by atoms with Crippen LogP contribution >= 0.6 is 11.3 Å². The molecule has 0 unspecified atom stereocenters. The molecular formula is C25H29FN2OS. The lowest BCUT2D eigenvalue weighted by Gasteiger charge is -2.46. The topological polar surface area (TPSA) is 34.2 Å². The number of fused-ring (bicyclic) bond motifs is 1. The molecule has 1 aromatic carbocycles. The monoisotopic (exact) mass is 424 g/mol. The fourth-order valence-electron chi connectivity index (χ4n) is 5.49. The highest BCUT2D eigenvalue weighted by Crippen LogP contribution is 2.49. The lowest BCUT2D eigenvalue weighted by molar-refractivity contribution is -0.104. The summed E-state index contributed by atoms with van der Waals surface area (Å²) in [6.07, 6.45) is 10.1. The van der Waals surface area contributed by atoms with Crippen molar-refractivity contribution in [2.75, 3.05) is 13.2 Å². The first-order valence-corrected chi connectivity index (χ1v) is 11.9. The summed E-state index contributed by atoms with van der Waals surface area (Å²) >= 11 is 1.74. The average Bonchev–Trinajstić information content (AvgIpc) is 3.38. The molecule has 1 aliphatic carbocycles. The third-order valence-corrected chi connectivity index (χ3v) is 8.10. The van der Waals surface area contributed by atoms with E-state index in [9.17, 15) is 4.39 Å². The second-order valence-corrected chi connectivity index (χ2v) is 10.2. The lowest BCUT2D eigenvalue weighted by atomic mass is 9.68. The van der Waals surface area contributed by atoms with Crippen molar-refractivity contribution in [2.45, 2.75) is 62.5 Å². The van der Waals surface area contributed by atoms with E-state index in [1.807, 2.05) is 18.3 Å². The number of pyridine rings is 1. The van der Waals surface area contributed by atoms with E-state index in [4.69, 9.17) is 9.72 Å². The zero-order valence-electron chi connectivity index (χ0n) is 17.3. The number of aromatic nitrogens is 1. The fraction of sp³-hybridized carbons (Fsp3) is 0.480. The molecule has 158 valence electrons. The first kappa shape index (κ1) is 20.1. The molecule has 1 atom stereocenters. The van der Waals surface area contributed by atoms with E-state index in [2.05, 4.69) is 23.5 Å². The number of halogens is 1. The maximum atomic E-state index is 13.5. The summed E-state index contributed by atoms with van der Waals surface area (Å²) in [5, 5.41) is 4.64. The number of ether oxygens (including phenoxy) is 1. The fourth-order valence-corrected chi connectivity index (χ4v) is 6.51. The van der Waals surface area contributed by atoms with Crippen molar-refractivity contribution in [3.63, 3.8) is 0 Å². The Balaban J connectivity index is 1.28. The number of nitrogens with one attached hydrogen (secondary N) is 1. The van der Waals surface area contributed by atoms with Crippen molar-refractivity contribution >= 4 is 21.4 Å². The van der Waals surface area contributed by atoms with Crippen LogP contribution < -0.4 is 5.32 Å². The Labute approximate surface area is 181 Å². The molecule has 0 radical (unpaired) electrons. The Morgan fingerprint density at radius 2 is 2.00 bits per heavy atom. The molecule has 30 heavy (non-hydrogen) atoms. The van der Waals surface area contributed by atoms with E-state index in [-0.39, 0.29) is 16.8 Å². The van der Waals surface area contributed by atoms with Gasteiger partial charge in [-0.15, -0.1) is 11.3 Å². The number of nitrogens with zero attached hydrogens (tertiary/aromatic N) is 1. The van der Waals surface area contributed by atoms with Crippen LogP contribution in [0.4, 0.5) is 4.39 Å². The molecule has 1 N–H and O–H groups in total. The molecule has 0 amide bonds. The van der Waals surface area contributed by atoms with Crippen LogP contribution in [0, 0.1) is 5.82 Å². The minimum Gasteiger partial charge on any atom is -0.375 e. The Kier molecular flexibility index (Phi) is 5.61. The second kappa shape index (κ2) is 8.37. The molecule has 1 aliphatic heterocycles. The summed E-state index contributed by atoms with van der Waals surface area (Å²) in [7, 11) is 0.